The Kier molecular flexibility index (Phi) is 0.618. The molecule has 0 aromatic carbocycles. The lowest BCUT2D eigenvalue weighted by atomic mass is 13.0. The van der Waals surface area contributed by atoms with Crippen molar-refractivity contribution in [1.82, 2.24) is 0 Å². The van der Waals surface area contributed by atoms with Crippen LogP contribution in [0.5, 0.6) is 0 Å². The molecular formula is N2O2S. The second-order valence-corrected chi connectivity index (χ2v) is 0.815. The molecule has 0 aromatic rings. The molecule has 0 bridgehead atoms. The highest BCUT2D eigenvalue weighted by Crippen LogP contribution is 2.12. The minimum absolute atomic E-state index is 0.741. The summed E-state index contributed by atoms with van der Waals surface area (Å²) in [5, 5.41) is 5.90. The zero-order valence-corrected chi connectivity index (χ0v) is 2.94. The van der Waals surface area contributed by atoms with Gasteiger partial charge in [-0.25, -0.2) is 0 Å². The van der Waals surface area contributed by atoms with Gasteiger partial charge in [-0.3, -0.25) is 8.57 Å². The Bertz CT molecular complexity index is 45.6. The van der Waals surface area contributed by atoms with Crippen LogP contribution in [0.1, 0.15) is 0 Å². The summed E-state index contributed by atoms with van der Waals surface area (Å²) in [5.74, 6) is 0. The molecular weight excluding hydrogens is 92.1 g/mol. The average molecular weight is 92.1 g/mol. The van der Waals surface area contributed by atoms with Crippen LogP contribution < -0.4 is 0 Å². The van der Waals surface area contributed by atoms with Gasteiger partial charge >= 0.3 is 12.3 Å². The van der Waals surface area contributed by atoms with E-state index < -0.39 is 0 Å². The second kappa shape index (κ2) is 1.12. The summed E-state index contributed by atoms with van der Waals surface area (Å²) in [4.78, 5) is 0. The van der Waals surface area contributed by atoms with Gasteiger partial charge in [-0.1, -0.05) is 0 Å². The fourth-order valence-electron chi connectivity index (χ4n) is 0.0680. The second-order valence-electron chi connectivity index (χ2n) is 0.380. The number of hydrogen-bond acceptors (Lipinski definition) is 5. The van der Waals surface area contributed by atoms with Gasteiger partial charge in [0.05, 0.1) is 10.6 Å². The number of rotatable bonds is 0. The van der Waals surface area contributed by atoms with Gasteiger partial charge in [0.2, 0.25) is 0 Å². The lowest BCUT2D eigenvalue weighted by Crippen LogP contribution is -1.45. The van der Waals surface area contributed by atoms with Crippen molar-refractivity contribution in [1.29, 1.82) is 0 Å². The minimum Gasteiger partial charge on any atom is -0.254 e. The summed E-state index contributed by atoms with van der Waals surface area (Å²) >= 11 is 0.741. The van der Waals surface area contributed by atoms with Gasteiger partial charge in [-0.2, -0.15) is 0 Å². The third-order valence-electron chi connectivity index (χ3n) is 0.161. The molecule has 0 aliphatic carbocycles. The van der Waals surface area contributed by atoms with Crippen LogP contribution in [0.25, 0.3) is 0 Å². The summed E-state index contributed by atoms with van der Waals surface area (Å²) in [6.45, 7) is 0. The summed E-state index contributed by atoms with van der Waals surface area (Å²) in [6, 6.07) is 0. The van der Waals surface area contributed by atoms with Crippen molar-refractivity contribution in [2.24, 2.45) is 10.6 Å². The van der Waals surface area contributed by atoms with Gasteiger partial charge in [-0.15, -0.1) is 0 Å². The van der Waals surface area contributed by atoms with E-state index in [0.717, 1.165) is 12.3 Å². The topological polar surface area (TPSA) is 43.2 Å². The van der Waals surface area contributed by atoms with Crippen molar-refractivity contribution < 1.29 is 8.57 Å². The van der Waals surface area contributed by atoms with Crippen LogP contribution >= 0.6 is 12.3 Å². The summed E-state index contributed by atoms with van der Waals surface area (Å²) < 4.78 is 8.19. The van der Waals surface area contributed by atoms with Gasteiger partial charge < -0.3 is 0 Å². The van der Waals surface area contributed by atoms with Crippen LogP contribution in [-0.2, 0) is 8.57 Å². The Labute approximate surface area is 32.5 Å². The van der Waals surface area contributed by atoms with Gasteiger partial charge in [0.1, 0.15) is 0 Å². The molecule has 5 heavy (non-hydrogen) atoms. The van der Waals surface area contributed by atoms with E-state index in [1.54, 1.807) is 0 Å². The average Bonchev–Trinajstić information content (AvgIpc) is 1.76. The predicted molar refractivity (Wildman–Crippen MR) is 14.6 cm³/mol. The SMILES string of the molecule is N1=NOSO1. The molecule has 1 aliphatic heterocycles. The molecule has 0 radical (unpaired) electrons. The fraction of sp³-hybridized carbons (Fsp3) is 0. The van der Waals surface area contributed by atoms with Crippen LogP contribution in [0.15, 0.2) is 10.6 Å². The number of hydrogen-bond donors (Lipinski definition) is 0. The molecule has 0 fully saturated rings. The molecule has 0 unspecified atom stereocenters. The zero-order valence-electron chi connectivity index (χ0n) is 2.12. The molecule has 1 rings (SSSR count). The standard InChI is InChI=1S/N2O2S/c1-2-4-5-3-1. The maximum Gasteiger partial charge on any atom is 0.346 e. The van der Waals surface area contributed by atoms with Gasteiger partial charge in [0, 0.05) is 0 Å². The molecule has 0 spiro atoms. The van der Waals surface area contributed by atoms with Crippen LogP contribution in [0.2, 0.25) is 0 Å². The highest BCUT2D eigenvalue weighted by Gasteiger charge is 1.91. The minimum atomic E-state index is 0.741. The van der Waals surface area contributed by atoms with E-state index in [4.69, 9.17) is 0 Å². The van der Waals surface area contributed by atoms with Crippen molar-refractivity contribution in [2.75, 3.05) is 0 Å². The van der Waals surface area contributed by atoms with E-state index in [2.05, 4.69) is 19.1 Å². The van der Waals surface area contributed by atoms with Crippen molar-refractivity contribution in [3.05, 3.63) is 0 Å². The third-order valence-corrected chi connectivity index (χ3v) is 0.416. The molecule has 0 amide bonds. The normalized spacial score (nSPS) is 17.6. The Morgan fingerprint density at radius 2 is 1.80 bits per heavy atom. The van der Waals surface area contributed by atoms with Gasteiger partial charge in [0.15, 0.2) is 0 Å². The van der Waals surface area contributed by atoms with Crippen molar-refractivity contribution in [3.63, 3.8) is 0 Å². The maximum absolute atomic E-state index is 4.10. The fourth-order valence-corrected chi connectivity index (χ4v) is 0.204. The predicted octanol–water partition coefficient (Wildman–Crippen LogP) is 0.879. The smallest absolute Gasteiger partial charge is 0.254 e. The van der Waals surface area contributed by atoms with E-state index in [0.29, 0.717) is 0 Å². The molecule has 28 valence electrons. The largest absolute Gasteiger partial charge is 0.346 e. The first-order chi connectivity index (χ1) is 2.50. The Morgan fingerprint density at radius 1 is 1.20 bits per heavy atom. The van der Waals surface area contributed by atoms with E-state index in [-0.39, 0.29) is 0 Å². The molecule has 0 atom stereocenters. The van der Waals surface area contributed by atoms with Crippen LogP contribution in [-0.4, -0.2) is 0 Å². The number of nitrogens with zero attached hydrogens (tertiary/aromatic N) is 2. The Hall–Kier alpha value is -0.450. The molecule has 0 saturated carbocycles. The molecule has 4 nitrogen and oxygen atoms in total. The van der Waals surface area contributed by atoms with Crippen molar-refractivity contribution >= 4 is 12.3 Å². The van der Waals surface area contributed by atoms with Gasteiger partial charge in [0.25, 0.3) is 0 Å². The first kappa shape index (κ1) is 2.77. The first-order valence-corrected chi connectivity index (χ1v) is 1.57. The van der Waals surface area contributed by atoms with E-state index in [1.807, 2.05) is 0 Å². The van der Waals surface area contributed by atoms with Crippen molar-refractivity contribution in [2.45, 2.75) is 0 Å². The van der Waals surface area contributed by atoms with E-state index >= 15 is 0 Å². The summed E-state index contributed by atoms with van der Waals surface area (Å²) in [5.41, 5.74) is 0. The molecule has 1 aliphatic rings. The summed E-state index contributed by atoms with van der Waals surface area (Å²) in [6.07, 6.45) is 0. The monoisotopic (exact) mass is 92.0 g/mol. The van der Waals surface area contributed by atoms with Crippen molar-refractivity contribution in [3.8, 4) is 0 Å². The lowest BCUT2D eigenvalue weighted by Gasteiger charge is -1.66. The van der Waals surface area contributed by atoms with Crippen LogP contribution in [0.3, 0.4) is 0 Å². The molecule has 0 N–H and O–H groups in total. The van der Waals surface area contributed by atoms with E-state index in [1.165, 1.54) is 0 Å². The van der Waals surface area contributed by atoms with Crippen LogP contribution in [0, 0.1) is 0 Å². The molecule has 5 heteroatoms. The highest BCUT2D eigenvalue weighted by molar-refractivity contribution is 7.89. The molecule has 0 aromatic heterocycles. The first-order valence-electron chi connectivity index (χ1n) is 0.898. The maximum atomic E-state index is 4.10. The van der Waals surface area contributed by atoms with Crippen LogP contribution in [0.4, 0.5) is 0 Å². The molecule has 1 heterocycles. The zero-order chi connectivity index (χ0) is 3.54. The Balaban J connectivity index is 2.32. The van der Waals surface area contributed by atoms with E-state index in [9.17, 15) is 0 Å². The molecule has 0 saturated heterocycles. The quantitative estimate of drug-likeness (QED) is 0.416. The van der Waals surface area contributed by atoms with Gasteiger partial charge in [-0.05, 0) is 0 Å². The summed E-state index contributed by atoms with van der Waals surface area (Å²) in [7, 11) is 0. The third kappa shape index (κ3) is 0.412. The lowest BCUT2D eigenvalue weighted by molar-refractivity contribution is 0.354. The highest BCUT2D eigenvalue weighted by atomic mass is 32.2. The Morgan fingerprint density at radius 3 is 2.00 bits per heavy atom.